The Hall–Kier alpha value is -1.97. The highest BCUT2D eigenvalue weighted by molar-refractivity contribution is 6.04. The number of hydrogen-bond donors (Lipinski definition) is 2. The first-order valence-corrected chi connectivity index (χ1v) is 5.58. The van der Waals surface area contributed by atoms with Crippen molar-refractivity contribution in [3.63, 3.8) is 0 Å². The molecule has 2 rings (SSSR count). The molecule has 17 heavy (non-hydrogen) atoms. The fourth-order valence-corrected chi connectivity index (χ4v) is 1.82. The van der Waals surface area contributed by atoms with Gasteiger partial charge in [-0.1, -0.05) is 6.08 Å². The van der Waals surface area contributed by atoms with Crippen molar-refractivity contribution in [3.8, 4) is 11.5 Å². The first kappa shape index (κ1) is 11.5. The van der Waals surface area contributed by atoms with Crippen LogP contribution >= 0.6 is 0 Å². The quantitative estimate of drug-likeness (QED) is 0.788. The van der Waals surface area contributed by atoms with Gasteiger partial charge in [0, 0.05) is 11.6 Å². The van der Waals surface area contributed by atoms with Crippen LogP contribution in [0.15, 0.2) is 29.8 Å². The minimum absolute atomic E-state index is 0.0396. The van der Waals surface area contributed by atoms with Gasteiger partial charge in [0.1, 0.15) is 11.5 Å². The summed E-state index contributed by atoms with van der Waals surface area (Å²) in [4.78, 5) is 11.8. The van der Waals surface area contributed by atoms with E-state index in [0.29, 0.717) is 11.4 Å². The molecule has 0 atom stereocenters. The fraction of sp³-hybridized carbons (Fsp3) is 0.308. The maximum Gasteiger partial charge on any atom is 0.251 e. The maximum absolute atomic E-state index is 11.8. The van der Waals surface area contributed by atoms with Crippen LogP contribution in [-0.2, 0) is 4.79 Å². The number of aromatic hydroxyl groups is 1. The van der Waals surface area contributed by atoms with Gasteiger partial charge >= 0.3 is 0 Å². The van der Waals surface area contributed by atoms with Crippen LogP contribution in [0.25, 0.3) is 0 Å². The van der Waals surface area contributed by atoms with Gasteiger partial charge in [0.05, 0.1) is 12.8 Å². The molecule has 0 radical (unpaired) electrons. The number of carbonyl (C=O) groups is 1. The molecule has 0 aromatic heterocycles. The normalized spacial score (nSPS) is 14.3. The van der Waals surface area contributed by atoms with Crippen molar-refractivity contribution in [1.29, 1.82) is 0 Å². The van der Waals surface area contributed by atoms with Crippen LogP contribution in [0.4, 0.5) is 5.69 Å². The zero-order valence-corrected chi connectivity index (χ0v) is 9.69. The van der Waals surface area contributed by atoms with Crippen molar-refractivity contribution in [3.05, 3.63) is 29.8 Å². The van der Waals surface area contributed by atoms with Crippen LogP contribution in [0.3, 0.4) is 0 Å². The molecular formula is C13H15NO3. The zero-order chi connectivity index (χ0) is 12.3. The Morgan fingerprint density at radius 1 is 1.47 bits per heavy atom. The summed E-state index contributed by atoms with van der Waals surface area (Å²) in [5, 5.41) is 12.3. The largest absolute Gasteiger partial charge is 0.506 e. The molecule has 1 aliphatic rings. The lowest BCUT2D eigenvalue weighted by atomic mass is 10.2. The zero-order valence-electron chi connectivity index (χ0n) is 9.69. The summed E-state index contributed by atoms with van der Waals surface area (Å²) in [6, 6.07) is 4.74. The van der Waals surface area contributed by atoms with Crippen molar-refractivity contribution in [2.24, 2.45) is 0 Å². The molecule has 0 unspecified atom stereocenters. The van der Waals surface area contributed by atoms with E-state index in [4.69, 9.17) is 4.74 Å². The summed E-state index contributed by atoms with van der Waals surface area (Å²) in [5.74, 6) is 0.488. The molecule has 1 amide bonds. The molecule has 0 aliphatic heterocycles. The van der Waals surface area contributed by atoms with Gasteiger partial charge in [-0.15, -0.1) is 0 Å². The Morgan fingerprint density at radius 3 is 2.94 bits per heavy atom. The Balaban J connectivity index is 2.14. The number of amides is 1. The number of ether oxygens (including phenoxy) is 1. The predicted octanol–water partition coefficient (Wildman–Crippen LogP) is 2.45. The number of rotatable bonds is 3. The summed E-state index contributed by atoms with van der Waals surface area (Å²) >= 11 is 0. The summed E-state index contributed by atoms with van der Waals surface area (Å²) in [7, 11) is 1.54. The fourth-order valence-electron chi connectivity index (χ4n) is 1.82. The minimum atomic E-state index is -0.147. The van der Waals surface area contributed by atoms with E-state index in [-0.39, 0.29) is 11.7 Å². The highest BCUT2D eigenvalue weighted by Crippen LogP contribution is 2.29. The molecule has 0 saturated carbocycles. The molecule has 4 nitrogen and oxygen atoms in total. The molecule has 1 aromatic carbocycles. The third kappa shape index (κ3) is 2.58. The predicted molar refractivity (Wildman–Crippen MR) is 65.2 cm³/mol. The molecule has 90 valence electrons. The van der Waals surface area contributed by atoms with Gasteiger partial charge in [-0.2, -0.15) is 0 Å². The summed E-state index contributed by atoms with van der Waals surface area (Å²) in [6.45, 7) is 0. The van der Waals surface area contributed by atoms with E-state index in [1.54, 1.807) is 12.1 Å². The van der Waals surface area contributed by atoms with Crippen molar-refractivity contribution in [2.75, 3.05) is 12.4 Å². The first-order chi connectivity index (χ1) is 8.20. The summed E-state index contributed by atoms with van der Waals surface area (Å²) < 4.78 is 5.04. The minimum Gasteiger partial charge on any atom is -0.506 e. The molecule has 1 aliphatic carbocycles. The van der Waals surface area contributed by atoms with Gasteiger partial charge in [0.15, 0.2) is 0 Å². The molecule has 0 fully saturated rings. The number of allylic oxidation sites excluding steroid dienone is 1. The van der Waals surface area contributed by atoms with E-state index in [1.807, 2.05) is 6.08 Å². The monoisotopic (exact) mass is 233 g/mol. The molecule has 4 heteroatoms. The maximum atomic E-state index is 11.8. The Morgan fingerprint density at radius 2 is 2.29 bits per heavy atom. The number of methoxy groups -OCH3 is 1. The van der Waals surface area contributed by atoms with Crippen LogP contribution in [0.5, 0.6) is 11.5 Å². The topological polar surface area (TPSA) is 58.6 Å². The van der Waals surface area contributed by atoms with E-state index in [9.17, 15) is 9.90 Å². The average Bonchev–Trinajstić information content (AvgIpc) is 2.85. The van der Waals surface area contributed by atoms with Crippen LogP contribution < -0.4 is 10.1 Å². The van der Waals surface area contributed by atoms with Gasteiger partial charge in [-0.05, 0) is 31.4 Å². The number of anilines is 1. The van der Waals surface area contributed by atoms with Gasteiger partial charge in [0.25, 0.3) is 5.91 Å². The van der Waals surface area contributed by atoms with E-state index < -0.39 is 0 Å². The third-order valence-electron chi connectivity index (χ3n) is 2.78. The molecule has 1 aromatic rings. The Labute approximate surface area is 99.9 Å². The number of nitrogens with one attached hydrogen (secondary N) is 1. The number of phenols is 1. The number of benzene rings is 1. The molecule has 0 spiro atoms. The van der Waals surface area contributed by atoms with Crippen LogP contribution in [0, 0.1) is 0 Å². The van der Waals surface area contributed by atoms with E-state index in [2.05, 4.69) is 5.32 Å². The van der Waals surface area contributed by atoms with Gasteiger partial charge in [-0.3, -0.25) is 4.79 Å². The van der Waals surface area contributed by atoms with Crippen molar-refractivity contribution in [2.45, 2.75) is 19.3 Å². The average molecular weight is 233 g/mol. The SMILES string of the molecule is COc1ccc(O)c(NC(=O)C2=CCCC2)c1. The Kier molecular flexibility index (Phi) is 3.32. The van der Waals surface area contributed by atoms with Crippen molar-refractivity contribution in [1.82, 2.24) is 0 Å². The lowest BCUT2D eigenvalue weighted by molar-refractivity contribution is -0.112. The van der Waals surface area contributed by atoms with Crippen LogP contribution in [0.2, 0.25) is 0 Å². The molecule has 0 saturated heterocycles. The smallest absolute Gasteiger partial charge is 0.251 e. The lowest BCUT2D eigenvalue weighted by Crippen LogP contribution is -2.13. The molecule has 2 N–H and O–H groups in total. The number of hydrogen-bond acceptors (Lipinski definition) is 3. The molecule has 0 heterocycles. The number of phenolic OH excluding ortho intramolecular Hbond substituents is 1. The highest BCUT2D eigenvalue weighted by Gasteiger charge is 2.15. The number of carbonyl (C=O) groups excluding carboxylic acids is 1. The lowest BCUT2D eigenvalue weighted by Gasteiger charge is -2.09. The second kappa shape index (κ2) is 4.91. The highest BCUT2D eigenvalue weighted by atomic mass is 16.5. The van der Waals surface area contributed by atoms with Crippen molar-refractivity contribution >= 4 is 11.6 Å². The molecular weight excluding hydrogens is 218 g/mol. The van der Waals surface area contributed by atoms with Gasteiger partial charge in [0.2, 0.25) is 0 Å². The van der Waals surface area contributed by atoms with Crippen LogP contribution in [-0.4, -0.2) is 18.1 Å². The van der Waals surface area contributed by atoms with Gasteiger partial charge < -0.3 is 15.2 Å². The van der Waals surface area contributed by atoms with Crippen LogP contribution in [0.1, 0.15) is 19.3 Å². The van der Waals surface area contributed by atoms with E-state index in [0.717, 1.165) is 24.8 Å². The van der Waals surface area contributed by atoms with Gasteiger partial charge in [-0.25, -0.2) is 0 Å². The second-order valence-electron chi connectivity index (χ2n) is 3.96. The summed E-state index contributed by atoms with van der Waals surface area (Å²) in [5.41, 5.74) is 1.16. The van der Waals surface area contributed by atoms with Crippen molar-refractivity contribution < 1.29 is 14.6 Å². The standard InChI is InChI=1S/C13H15NO3/c1-17-10-6-7-12(15)11(8-10)14-13(16)9-4-2-3-5-9/h4,6-8,15H,2-3,5H2,1H3,(H,14,16). The Bertz CT molecular complexity index is 466. The first-order valence-electron chi connectivity index (χ1n) is 5.58. The van der Waals surface area contributed by atoms with E-state index >= 15 is 0 Å². The summed E-state index contributed by atoms with van der Waals surface area (Å²) in [6.07, 6.45) is 4.71. The van der Waals surface area contributed by atoms with E-state index in [1.165, 1.54) is 13.2 Å². The molecule has 0 bridgehead atoms. The third-order valence-corrected chi connectivity index (χ3v) is 2.78. The second-order valence-corrected chi connectivity index (χ2v) is 3.96.